The Balaban J connectivity index is 1.67. The zero-order valence-corrected chi connectivity index (χ0v) is 17.5. The molecule has 5 nitrogen and oxygen atoms in total. The number of pyridine rings is 1. The molecular weight excluding hydrogens is 481 g/mol. The molecule has 1 aromatic carbocycles. The second-order valence-electron chi connectivity index (χ2n) is 7.59. The first-order valence-electron chi connectivity index (χ1n) is 9.58. The first kappa shape index (κ1) is 24.9. The molecule has 1 heterocycles. The van der Waals surface area contributed by atoms with E-state index in [9.17, 15) is 39.6 Å². The van der Waals surface area contributed by atoms with Gasteiger partial charge in [0.25, 0.3) is 5.91 Å². The molecule has 180 valence electrons. The van der Waals surface area contributed by atoms with Crippen LogP contribution in [0.15, 0.2) is 47.5 Å². The van der Waals surface area contributed by atoms with Crippen molar-refractivity contribution in [2.75, 3.05) is 0 Å². The van der Waals surface area contributed by atoms with Crippen molar-refractivity contribution in [3.63, 3.8) is 0 Å². The van der Waals surface area contributed by atoms with Gasteiger partial charge < -0.3 is 5.32 Å². The number of nitrogens with one attached hydrogen (secondary N) is 1. The van der Waals surface area contributed by atoms with Crippen molar-refractivity contribution in [2.24, 2.45) is 0 Å². The minimum absolute atomic E-state index is 0.152. The molecule has 0 radical (unpaired) electrons. The van der Waals surface area contributed by atoms with Gasteiger partial charge in [0.15, 0.2) is 0 Å². The standard InChI is InChI=1S/C20H17F7N2O3S/c21-18(33(31,32)15-3-1-2-12(10-15)19(22,23)24)8-6-14(7-9-18)29-17(30)16-5-4-13(11-28-16)20(25,26)27/h1-5,10-11,14H,6-9H2,(H,29,30)/t14-,18-. The third-order valence-electron chi connectivity index (χ3n) is 5.34. The lowest BCUT2D eigenvalue weighted by atomic mass is 9.93. The third kappa shape index (κ3) is 5.28. The smallest absolute Gasteiger partial charge is 0.348 e. The maximum atomic E-state index is 15.4. The SMILES string of the molecule is O=C(N[C@H]1CC[C@](F)(S(=O)(=O)c2cccc(C(F)(F)F)c2)CC1)c1ccc(C(F)(F)F)cn1. The number of carbonyl (C=O) groups is 1. The Morgan fingerprint density at radius 2 is 1.58 bits per heavy atom. The first-order chi connectivity index (χ1) is 15.1. The number of hydrogen-bond donors (Lipinski definition) is 1. The summed E-state index contributed by atoms with van der Waals surface area (Å²) in [6.45, 7) is 0. The summed E-state index contributed by atoms with van der Waals surface area (Å²) in [7, 11) is -4.77. The topological polar surface area (TPSA) is 76.1 Å². The van der Waals surface area contributed by atoms with Gasteiger partial charge >= 0.3 is 12.4 Å². The van der Waals surface area contributed by atoms with E-state index in [4.69, 9.17) is 0 Å². The zero-order chi connectivity index (χ0) is 24.7. The summed E-state index contributed by atoms with van der Waals surface area (Å²) in [6.07, 6.45) is -10.4. The van der Waals surface area contributed by atoms with E-state index >= 15 is 4.39 Å². The van der Waals surface area contributed by atoms with Crippen LogP contribution < -0.4 is 5.32 Å². The average Bonchev–Trinajstić information content (AvgIpc) is 2.74. The van der Waals surface area contributed by atoms with Crippen LogP contribution in [0.1, 0.15) is 47.3 Å². The van der Waals surface area contributed by atoms with Gasteiger partial charge in [0, 0.05) is 12.2 Å². The molecule has 1 aliphatic carbocycles. The van der Waals surface area contributed by atoms with Gasteiger partial charge in [-0.1, -0.05) is 6.07 Å². The highest BCUT2D eigenvalue weighted by Gasteiger charge is 2.48. The molecule has 33 heavy (non-hydrogen) atoms. The second-order valence-corrected chi connectivity index (χ2v) is 9.80. The lowest BCUT2D eigenvalue weighted by Gasteiger charge is -2.33. The highest BCUT2D eigenvalue weighted by atomic mass is 32.2. The van der Waals surface area contributed by atoms with Crippen LogP contribution in [0.25, 0.3) is 0 Å². The van der Waals surface area contributed by atoms with Gasteiger partial charge in [-0.05, 0) is 56.0 Å². The van der Waals surface area contributed by atoms with Gasteiger partial charge in [0.2, 0.25) is 14.8 Å². The van der Waals surface area contributed by atoms with Crippen LogP contribution in [-0.2, 0) is 22.2 Å². The van der Waals surface area contributed by atoms with Crippen LogP contribution >= 0.6 is 0 Å². The molecule has 1 saturated carbocycles. The minimum atomic E-state index is -4.80. The molecule has 0 spiro atoms. The lowest BCUT2D eigenvalue weighted by Crippen LogP contribution is -2.45. The van der Waals surface area contributed by atoms with E-state index in [2.05, 4.69) is 10.3 Å². The lowest BCUT2D eigenvalue weighted by molar-refractivity contribution is -0.138. The Bertz CT molecular complexity index is 1120. The van der Waals surface area contributed by atoms with E-state index in [-0.39, 0.29) is 18.5 Å². The van der Waals surface area contributed by atoms with Gasteiger partial charge in [0.05, 0.1) is 16.0 Å². The van der Waals surface area contributed by atoms with E-state index in [1.165, 1.54) is 0 Å². The van der Waals surface area contributed by atoms with Gasteiger partial charge in [-0.25, -0.2) is 12.8 Å². The average molecular weight is 498 g/mol. The summed E-state index contributed by atoms with van der Waals surface area (Å²) in [6, 6.07) is 3.67. The molecule has 0 unspecified atom stereocenters. The molecular formula is C20H17F7N2O3S. The predicted molar refractivity (Wildman–Crippen MR) is 101 cm³/mol. The summed E-state index contributed by atoms with van der Waals surface area (Å²) in [4.78, 5) is 14.9. The zero-order valence-electron chi connectivity index (χ0n) is 16.7. The summed E-state index contributed by atoms with van der Waals surface area (Å²) in [5.74, 6) is -0.819. The van der Waals surface area contributed by atoms with E-state index in [1.807, 2.05) is 0 Å². The summed E-state index contributed by atoms with van der Waals surface area (Å²) in [5.41, 5.74) is -2.58. The van der Waals surface area contributed by atoms with Crippen molar-refractivity contribution in [1.29, 1.82) is 0 Å². The number of benzene rings is 1. The van der Waals surface area contributed by atoms with Crippen LogP contribution in [0.3, 0.4) is 0 Å². The van der Waals surface area contributed by atoms with E-state index in [0.29, 0.717) is 24.4 Å². The monoisotopic (exact) mass is 498 g/mol. The molecule has 1 amide bonds. The normalized spacial score (nSPS) is 22.1. The fraction of sp³-hybridized carbons (Fsp3) is 0.400. The molecule has 0 bridgehead atoms. The summed E-state index contributed by atoms with van der Waals surface area (Å²) >= 11 is 0. The molecule has 3 rings (SSSR count). The second kappa shape index (κ2) is 8.58. The van der Waals surface area contributed by atoms with Gasteiger partial charge in [0.1, 0.15) is 5.69 Å². The molecule has 0 saturated heterocycles. The van der Waals surface area contributed by atoms with Gasteiger partial charge in [-0.3, -0.25) is 9.78 Å². The number of nitrogens with zero attached hydrogens (tertiary/aromatic N) is 1. The molecule has 1 N–H and O–H groups in total. The van der Waals surface area contributed by atoms with Crippen LogP contribution in [0.5, 0.6) is 0 Å². The number of sulfone groups is 1. The molecule has 13 heteroatoms. The molecule has 1 fully saturated rings. The number of rotatable bonds is 4. The largest absolute Gasteiger partial charge is 0.417 e. The minimum Gasteiger partial charge on any atom is -0.348 e. The van der Waals surface area contributed by atoms with E-state index in [1.54, 1.807) is 0 Å². The van der Waals surface area contributed by atoms with Crippen molar-refractivity contribution in [3.05, 3.63) is 59.4 Å². The molecule has 0 aliphatic heterocycles. The Hall–Kier alpha value is -2.70. The van der Waals surface area contributed by atoms with Gasteiger partial charge in [-0.15, -0.1) is 0 Å². The Morgan fingerprint density at radius 1 is 0.970 bits per heavy atom. The number of alkyl halides is 7. The number of amides is 1. The number of carbonyl (C=O) groups excluding carboxylic acids is 1. The van der Waals surface area contributed by atoms with E-state index < -0.39 is 68.0 Å². The highest BCUT2D eigenvalue weighted by Crippen LogP contribution is 2.41. The highest BCUT2D eigenvalue weighted by molar-refractivity contribution is 7.92. The maximum absolute atomic E-state index is 15.4. The predicted octanol–water partition coefficient (Wildman–Crippen LogP) is 4.93. The number of halogens is 7. The Labute approximate surface area is 183 Å². The van der Waals surface area contributed by atoms with Crippen LogP contribution in [0.2, 0.25) is 0 Å². The molecule has 2 aromatic rings. The maximum Gasteiger partial charge on any atom is 0.417 e. The van der Waals surface area contributed by atoms with Crippen LogP contribution in [0.4, 0.5) is 30.7 Å². The Morgan fingerprint density at radius 3 is 2.09 bits per heavy atom. The quantitative estimate of drug-likeness (QED) is 0.607. The fourth-order valence-electron chi connectivity index (χ4n) is 3.47. The fourth-order valence-corrected chi connectivity index (χ4v) is 5.20. The van der Waals surface area contributed by atoms with Crippen molar-refractivity contribution < 1.29 is 43.9 Å². The molecule has 1 aromatic heterocycles. The van der Waals surface area contributed by atoms with Crippen molar-refractivity contribution in [1.82, 2.24) is 10.3 Å². The van der Waals surface area contributed by atoms with Crippen molar-refractivity contribution in [2.45, 2.75) is 54.0 Å². The third-order valence-corrected chi connectivity index (χ3v) is 7.59. The molecule has 1 aliphatic rings. The van der Waals surface area contributed by atoms with Crippen LogP contribution in [-0.4, -0.2) is 30.4 Å². The summed E-state index contributed by atoms with van der Waals surface area (Å²) in [5, 5.41) is -0.370. The number of aromatic nitrogens is 1. The number of hydrogen-bond acceptors (Lipinski definition) is 4. The molecule has 0 atom stereocenters. The van der Waals surface area contributed by atoms with Gasteiger partial charge in [-0.2, -0.15) is 26.3 Å². The van der Waals surface area contributed by atoms with Crippen molar-refractivity contribution in [3.8, 4) is 0 Å². The summed E-state index contributed by atoms with van der Waals surface area (Å²) < 4.78 is 117. The van der Waals surface area contributed by atoms with E-state index in [0.717, 1.165) is 18.2 Å². The Kier molecular flexibility index (Phi) is 6.48. The van der Waals surface area contributed by atoms with Crippen LogP contribution in [0, 0.1) is 0 Å². The first-order valence-corrected chi connectivity index (χ1v) is 11.1. The van der Waals surface area contributed by atoms with Crippen molar-refractivity contribution >= 4 is 15.7 Å².